The van der Waals surface area contributed by atoms with Crippen LogP contribution in [-0.4, -0.2) is 65.4 Å². The lowest BCUT2D eigenvalue weighted by Gasteiger charge is -2.39. The van der Waals surface area contributed by atoms with Crippen LogP contribution in [0.3, 0.4) is 0 Å². The van der Waals surface area contributed by atoms with Crippen molar-refractivity contribution in [2.45, 2.75) is 76.8 Å². The van der Waals surface area contributed by atoms with Crippen LogP contribution in [0.2, 0.25) is 0 Å². The van der Waals surface area contributed by atoms with E-state index in [0.717, 1.165) is 0 Å². The number of carbonyl (C=O) groups excluding carboxylic acids is 2. The number of hydrogen-bond donors (Lipinski definition) is 2. The number of ether oxygens (including phenoxy) is 2. The highest BCUT2D eigenvalue weighted by Gasteiger charge is 2.45. The molecule has 0 saturated carbocycles. The Morgan fingerprint density at radius 3 is 2.28 bits per heavy atom. The van der Waals surface area contributed by atoms with Gasteiger partial charge >= 0.3 is 12.1 Å². The lowest BCUT2D eigenvalue weighted by atomic mass is 9.85. The summed E-state index contributed by atoms with van der Waals surface area (Å²) in [6, 6.07) is -1.84. The molecule has 0 aromatic heterocycles. The summed E-state index contributed by atoms with van der Waals surface area (Å²) >= 11 is 0. The van der Waals surface area contributed by atoms with Crippen molar-refractivity contribution in [3.63, 3.8) is 0 Å². The number of nitrogens with one attached hydrogen (secondary N) is 1. The van der Waals surface area contributed by atoms with Crippen LogP contribution < -0.4 is 5.32 Å². The van der Waals surface area contributed by atoms with E-state index in [-0.39, 0.29) is 30.1 Å². The Kier molecular flexibility index (Phi) is 6.26. The first kappa shape index (κ1) is 19.5. The van der Waals surface area contributed by atoms with Crippen molar-refractivity contribution in [1.29, 1.82) is 0 Å². The maximum Gasteiger partial charge on any atom is 0.407 e. The summed E-state index contributed by atoms with van der Waals surface area (Å²) < 4.78 is 10.4. The van der Waals surface area contributed by atoms with Crippen molar-refractivity contribution in [2.24, 2.45) is 5.92 Å². The molecule has 0 aromatic rings. The number of hydrogen-bond acceptors (Lipinski definition) is 5. The molecule has 2 aliphatic heterocycles. The average Bonchev–Trinajstić information content (AvgIpc) is 2.92. The molecule has 2 amide bonds. The Hall–Kier alpha value is -1.83. The van der Waals surface area contributed by atoms with Crippen LogP contribution in [0, 0.1) is 5.92 Å². The van der Waals surface area contributed by atoms with Crippen LogP contribution >= 0.6 is 0 Å². The summed E-state index contributed by atoms with van der Waals surface area (Å²) in [5.41, 5.74) is 0. The minimum atomic E-state index is -1.01. The maximum absolute atomic E-state index is 13.2. The third-order valence-electron chi connectivity index (χ3n) is 5.14. The molecule has 8 heteroatoms. The average molecular weight is 356 g/mol. The lowest BCUT2D eigenvalue weighted by molar-refractivity contribution is -0.152. The van der Waals surface area contributed by atoms with Gasteiger partial charge in [0.1, 0.15) is 12.1 Å². The van der Waals surface area contributed by atoms with Crippen molar-refractivity contribution in [3.05, 3.63) is 0 Å². The maximum atomic E-state index is 13.2. The predicted molar refractivity (Wildman–Crippen MR) is 89.0 cm³/mol. The molecular weight excluding hydrogens is 328 g/mol. The van der Waals surface area contributed by atoms with E-state index in [1.165, 1.54) is 12.0 Å². The molecule has 8 nitrogen and oxygen atoms in total. The molecule has 142 valence electrons. The van der Waals surface area contributed by atoms with Gasteiger partial charge in [-0.15, -0.1) is 0 Å². The molecule has 5 atom stereocenters. The number of carboxylic acids is 1. The molecule has 2 fully saturated rings. The fraction of sp³-hybridized carbons (Fsp3) is 0.824. The van der Waals surface area contributed by atoms with Crippen molar-refractivity contribution >= 4 is 18.0 Å². The number of rotatable bonds is 4. The van der Waals surface area contributed by atoms with E-state index in [4.69, 9.17) is 4.74 Å². The van der Waals surface area contributed by atoms with E-state index in [1.807, 2.05) is 20.8 Å². The third kappa shape index (κ3) is 4.42. The Morgan fingerprint density at radius 1 is 1.16 bits per heavy atom. The first-order valence-corrected chi connectivity index (χ1v) is 8.79. The second-order valence-corrected chi connectivity index (χ2v) is 7.13. The second-order valence-electron chi connectivity index (χ2n) is 7.13. The molecule has 2 aliphatic rings. The molecule has 2 heterocycles. The summed E-state index contributed by atoms with van der Waals surface area (Å²) in [5.74, 6) is -1.50. The van der Waals surface area contributed by atoms with Gasteiger partial charge in [0.15, 0.2) is 0 Å². The van der Waals surface area contributed by atoms with E-state index >= 15 is 0 Å². The van der Waals surface area contributed by atoms with Crippen molar-refractivity contribution < 1.29 is 29.0 Å². The summed E-state index contributed by atoms with van der Waals surface area (Å²) in [4.78, 5) is 37.9. The minimum Gasteiger partial charge on any atom is -0.480 e. The molecular formula is C17H28N2O6. The molecule has 0 bridgehead atoms. The van der Waals surface area contributed by atoms with Crippen molar-refractivity contribution in [3.8, 4) is 0 Å². The normalized spacial score (nSPS) is 33.6. The minimum absolute atomic E-state index is 0.0326. The highest BCUT2D eigenvalue weighted by Crippen LogP contribution is 2.31. The van der Waals surface area contributed by atoms with Crippen LogP contribution in [-0.2, 0) is 19.1 Å². The molecule has 2 N–H and O–H groups in total. The van der Waals surface area contributed by atoms with Crippen LogP contribution in [0.5, 0.6) is 0 Å². The van der Waals surface area contributed by atoms with Crippen molar-refractivity contribution in [2.75, 3.05) is 7.11 Å². The Morgan fingerprint density at radius 2 is 1.76 bits per heavy atom. The summed E-state index contributed by atoms with van der Waals surface area (Å²) in [6.45, 7) is 5.70. The SMILES string of the molecule is COC(=O)N[C@H](C(=O)N1C(C)CCC1C(=O)O)C1C[C@@H](C)O[C@H](C)C1. The number of amides is 2. The monoisotopic (exact) mass is 356 g/mol. The topological polar surface area (TPSA) is 105 Å². The smallest absolute Gasteiger partial charge is 0.407 e. The first-order valence-electron chi connectivity index (χ1n) is 8.79. The molecule has 2 rings (SSSR count). The summed E-state index contributed by atoms with van der Waals surface area (Å²) in [7, 11) is 1.24. The predicted octanol–water partition coefficient (Wildman–Crippen LogP) is 1.38. The van der Waals surface area contributed by atoms with Gasteiger partial charge in [-0.25, -0.2) is 9.59 Å². The van der Waals surface area contributed by atoms with Gasteiger partial charge in [-0.2, -0.15) is 0 Å². The number of alkyl carbamates (subject to hydrolysis) is 1. The zero-order valence-corrected chi connectivity index (χ0v) is 15.2. The number of methoxy groups -OCH3 is 1. The molecule has 2 saturated heterocycles. The fourth-order valence-electron chi connectivity index (χ4n) is 4.05. The van der Waals surface area contributed by atoms with Crippen LogP contribution in [0.25, 0.3) is 0 Å². The van der Waals surface area contributed by atoms with Gasteiger partial charge in [0.05, 0.1) is 19.3 Å². The van der Waals surface area contributed by atoms with Crippen molar-refractivity contribution in [1.82, 2.24) is 10.2 Å². The third-order valence-corrected chi connectivity index (χ3v) is 5.14. The van der Waals surface area contributed by atoms with E-state index in [9.17, 15) is 19.5 Å². The molecule has 0 radical (unpaired) electrons. The van der Waals surface area contributed by atoms with Crippen LogP contribution in [0.4, 0.5) is 4.79 Å². The largest absolute Gasteiger partial charge is 0.480 e. The Balaban J connectivity index is 2.25. The van der Waals surface area contributed by atoms with Crippen LogP contribution in [0.15, 0.2) is 0 Å². The van der Waals surface area contributed by atoms with Gasteiger partial charge in [-0.1, -0.05) is 0 Å². The zero-order chi connectivity index (χ0) is 18.7. The van der Waals surface area contributed by atoms with Crippen LogP contribution in [0.1, 0.15) is 46.5 Å². The Bertz CT molecular complexity index is 515. The summed E-state index contributed by atoms with van der Waals surface area (Å²) in [6.07, 6.45) is 1.53. The first-order chi connectivity index (χ1) is 11.7. The highest BCUT2D eigenvalue weighted by molar-refractivity contribution is 5.90. The number of likely N-dealkylation sites (tertiary alicyclic amines) is 1. The zero-order valence-electron chi connectivity index (χ0n) is 15.2. The quantitative estimate of drug-likeness (QED) is 0.788. The van der Waals surface area contributed by atoms with Gasteiger partial charge < -0.3 is 24.8 Å². The number of aliphatic carboxylic acids is 1. The van der Waals surface area contributed by atoms with Gasteiger partial charge in [0, 0.05) is 6.04 Å². The Labute approximate surface area is 147 Å². The number of carbonyl (C=O) groups is 3. The van der Waals surface area contributed by atoms with Gasteiger partial charge in [-0.05, 0) is 52.4 Å². The number of carboxylic acid groups (broad SMARTS) is 1. The fourth-order valence-corrected chi connectivity index (χ4v) is 4.05. The molecule has 0 aliphatic carbocycles. The highest BCUT2D eigenvalue weighted by atomic mass is 16.5. The standard InChI is InChI=1S/C17H28N2O6/c1-9-5-6-13(16(21)22)19(9)15(20)14(18-17(23)24-4)12-7-10(2)25-11(3)8-12/h9-14H,5-8H2,1-4H3,(H,18,23)(H,21,22)/t9?,10-,11-,13?,14+/m1/s1. The van der Waals surface area contributed by atoms with Gasteiger partial charge in [0.25, 0.3) is 0 Å². The molecule has 0 aromatic carbocycles. The van der Waals surface area contributed by atoms with E-state index in [0.29, 0.717) is 25.7 Å². The number of nitrogens with zero attached hydrogens (tertiary/aromatic N) is 1. The molecule has 2 unspecified atom stereocenters. The second kappa shape index (κ2) is 8.03. The van der Waals surface area contributed by atoms with E-state index < -0.39 is 24.1 Å². The summed E-state index contributed by atoms with van der Waals surface area (Å²) in [5, 5.41) is 12.1. The van der Waals surface area contributed by atoms with E-state index in [2.05, 4.69) is 10.1 Å². The molecule has 0 spiro atoms. The van der Waals surface area contributed by atoms with Gasteiger partial charge in [-0.3, -0.25) is 4.79 Å². The lowest BCUT2D eigenvalue weighted by Crippen LogP contribution is -2.57. The molecule has 25 heavy (non-hydrogen) atoms. The van der Waals surface area contributed by atoms with Gasteiger partial charge in [0.2, 0.25) is 5.91 Å². The van der Waals surface area contributed by atoms with E-state index in [1.54, 1.807) is 0 Å².